The number of nitrogens with one attached hydrogen (secondary N) is 1. The first-order valence-electron chi connectivity index (χ1n) is 6.24. The quantitative estimate of drug-likeness (QED) is 0.614. The van der Waals surface area contributed by atoms with Crippen molar-refractivity contribution in [3.8, 4) is 5.75 Å². The molecule has 3 N–H and O–H groups in total. The molecule has 21 heavy (non-hydrogen) atoms. The van der Waals surface area contributed by atoms with Gasteiger partial charge in [-0.3, -0.25) is 10.1 Å². The summed E-state index contributed by atoms with van der Waals surface area (Å²) in [6, 6.07) is 11.9. The summed E-state index contributed by atoms with van der Waals surface area (Å²) in [6.45, 7) is 0.843. The highest BCUT2D eigenvalue weighted by atomic mass is 79.9. The maximum absolute atomic E-state index is 11.0. The third kappa shape index (κ3) is 4.17. The molecule has 0 fully saturated rings. The van der Waals surface area contributed by atoms with E-state index >= 15 is 0 Å². The Bertz CT molecular complexity index is 649. The number of anilines is 2. The van der Waals surface area contributed by atoms with Gasteiger partial charge in [0.2, 0.25) is 0 Å². The number of halogens is 1. The highest BCUT2D eigenvalue weighted by Gasteiger charge is 2.14. The predicted molar refractivity (Wildman–Crippen MR) is 85.1 cm³/mol. The standard InChI is InChI=1S/C14H14BrN3O3/c15-10-4-5-14(18(19)20)13(8-10)17-11-2-1-3-12(9-11)21-7-6-16/h1-5,8-9,17H,6-7,16H2. The second kappa shape index (κ2) is 7.05. The van der Waals surface area contributed by atoms with Crippen LogP contribution in [-0.4, -0.2) is 18.1 Å². The molecule has 2 rings (SSSR count). The topological polar surface area (TPSA) is 90.4 Å². The first kappa shape index (κ1) is 15.3. The number of nitrogens with two attached hydrogens (primary N) is 1. The van der Waals surface area contributed by atoms with Crippen LogP contribution in [0.5, 0.6) is 5.75 Å². The van der Waals surface area contributed by atoms with E-state index in [1.807, 2.05) is 0 Å². The van der Waals surface area contributed by atoms with Gasteiger partial charge in [0.1, 0.15) is 18.0 Å². The maximum atomic E-state index is 11.0. The van der Waals surface area contributed by atoms with Gasteiger partial charge in [0.05, 0.1) is 4.92 Å². The Morgan fingerprint density at radius 1 is 1.29 bits per heavy atom. The molecule has 0 bridgehead atoms. The number of nitro groups is 1. The molecule has 2 aromatic rings. The summed E-state index contributed by atoms with van der Waals surface area (Å²) in [4.78, 5) is 10.6. The van der Waals surface area contributed by atoms with Gasteiger partial charge < -0.3 is 15.8 Å². The van der Waals surface area contributed by atoms with Crippen molar-refractivity contribution in [2.24, 2.45) is 5.73 Å². The largest absolute Gasteiger partial charge is 0.492 e. The highest BCUT2D eigenvalue weighted by Crippen LogP contribution is 2.31. The minimum absolute atomic E-state index is 0.00600. The molecule has 2 aromatic carbocycles. The van der Waals surface area contributed by atoms with Crippen molar-refractivity contribution in [3.63, 3.8) is 0 Å². The summed E-state index contributed by atoms with van der Waals surface area (Å²) in [5.74, 6) is 0.656. The van der Waals surface area contributed by atoms with Crippen LogP contribution in [0.4, 0.5) is 17.1 Å². The lowest BCUT2D eigenvalue weighted by Crippen LogP contribution is -2.10. The van der Waals surface area contributed by atoms with Gasteiger partial charge in [-0.2, -0.15) is 0 Å². The van der Waals surface area contributed by atoms with Crippen molar-refractivity contribution in [2.75, 3.05) is 18.5 Å². The fourth-order valence-electron chi connectivity index (χ4n) is 1.76. The molecular formula is C14H14BrN3O3. The third-order valence-electron chi connectivity index (χ3n) is 2.65. The van der Waals surface area contributed by atoms with E-state index in [0.29, 0.717) is 30.3 Å². The zero-order chi connectivity index (χ0) is 15.2. The molecule has 0 aliphatic carbocycles. The van der Waals surface area contributed by atoms with Gasteiger partial charge in [-0.15, -0.1) is 0 Å². The number of benzene rings is 2. The minimum Gasteiger partial charge on any atom is -0.492 e. The molecular weight excluding hydrogens is 338 g/mol. The van der Waals surface area contributed by atoms with Crippen molar-refractivity contribution in [1.82, 2.24) is 0 Å². The maximum Gasteiger partial charge on any atom is 0.292 e. The van der Waals surface area contributed by atoms with Crippen LogP contribution in [-0.2, 0) is 0 Å². The van der Waals surface area contributed by atoms with Gasteiger partial charge in [-0.25, -0.2) is 0 Å². The summed E-state index contributed by atoms with van der Waals surface area (Å²) in [5, 5.41) is 14.1. The van der Waals surface area contributed by atoms with Crippen LogP contribution in [0.3, 0.4) is 0 Å². The van der Waals surface area contributed by atoms with Gasteiger partial charge >= 0.3 is 0 Å². The monoisotopic (exact) mass is 351 g/mol. The lowest BCUT2D eigenvalue weighted by Gasteiger charge is -2.10. The molecule has 110 valence electrons. The van der Waals surface area contributed by atoms with Crippen molar-refractivity contribution >= 4 is 33.0 Å². The highest BCUT2D eigenvalue weighted by molar-refractivity contribution is 9.10. The predicted octanol–water partition coefficient (Wildman–Crippen LogP) is 3.44. The zero-order valence-electron chi connectivity index (χ0n) is 11.1. The molecule has 0 saturated heterocycles. The summed E-state index contributed by atoms with van der Waals surface area (Å²) in [6.07, 6.45) is 0. The molecule has 0 aromatic heterocycles. The summed E-state index contributed by atoms with van der Waals surface area (Å²) >= 11 is 3.31. The molecule has 0 unspecified atom stereocenters. The molecule has 0 radical (unpaired) electrons. The van der Waals surface area contributed by atoms with Crippen LogP contribution in [0.15, 0.2) is 46.9 Å². The number of nitro benzene ring substituents is 1. The van der Waals surface area contributed by atoms with Crippen LogP contribution >= 0.6 is 15.9 Å². The molecule has 7 heteroatoms. The van der Waals surface area contributed by atoms with E-state index in [-0.39, 0.29) is 5.69 Å². The zero-order valence-corrected chi connectivity index (χ0v) is 12.7. The Labute approximate surface area is 130 Å². The number of ether oxygens (including phenoxy) is 1. The third-order valence-corrected chi connectivity index (χ3v) is 3.15. The van der Waals surface area contributed by atoms with Crippen LogP contribution in [0.2, 0.25) is 0 Å². The van der Waals surface area contributed by atoms with Crippen LogP contribution in [0.1, 0.15) is 0 Å². The second-order valence-corrected chi connectivity index (χ2v) is 5.12. The van der Waals surface area contributed by atoms with Crippen molar-refractivity contribution in [3.05, 3.63) is 57.1 Å². The van der Waals surface area contributed by atoms with Gasteiger partial charge in [0.25, 0.3) is 5.69 Å². The molecule has 0 saturated carbocycles. The first-order valence-corrected chi connectivity index (χ1v) is 7.03. The molecule has 0 aliphatic rings. The van der Waals surface area contributed by atoms with E-state index in [2.05, 4.69) is 21.2 Å². The molecule has 0 amide bonds. The van der Waals surface area contributed by atoms with E-state index in [4.69, 9.17) is 10.5 Å². The van der Waals surface area contributed by atoms with E-state index < -0.39 is 4.92 Å². The van der Waals surface area contributed by atoms with Gasteiger partial charge in [-0.05, 0) is 24.3 Å². The summed E-state index contributed by atoms with van der Waals surface area (Å²) < 4.78 is 6.18. The minimum atomic E-state index is -0.427. The smallest absolute Gasteiger partial charge is 0.292 e. The Kier molecular flexibility index (Phi) is 5.13. The van der Waals surface area contributed by atoms with Crippen molar-refractivity contribution in [2.45, 2.75) is 0 Å². The van der Waals surface area contributed by atoms with Crippen molar-refractivity contribution in [1.29, 1.82) is 0 Å². The molecule has 0 heterocycles. The summed E-state index contributed by atoms with van der Waals surface area (Å²) in [7, 11) is 0. The van der Waals surface area contributed by atoms with Gasteiger partial charge in [-0.1, -0.05) is 22.0 Å². The summed E-state index contributed by atoms with van der Waals surface area (Å²) in [5.41, 5.74) is 6.50. The lowest BCUT2D eigenvalue weighted by molar-refractivity contribution is -0.383. The molecule has 0 aliphatic heterocycles. The fraction of sp³-hybridized carbons (Fsp3) is 0.143. The van der Waals surface area contributed by atoms with E-state index in [1.54, 1.807) is 36.4 Å². The first-order chi connectivity index (χ1) is 10.1. The van der Waals surface area contributed by atoms with Crippen LogP contribution < -0.4 is 15.8 Å². The molecule has 0 atom stereocenters. The SMILES string of the molecule is NCCOc1cccc(Nc2cc(Br)ccc2[N+](=O)[O-])c1. The number of hydrogen-bond acceptors (Lipinski definition) is 5. The fourth-order valence-corrected chi connectivity index (χ4v) is 2.12. The molecule has 0 spiro atoms. The van der Waals surface area contributed by atoms with Gasteiger partial charge in [0.15, 0.2) is 0 Å². The average molecular weight is 352 g/mol. The Hall–Kier alpha value is -2.12. The number of nitrogens with zero attached hydrogens (tertiary/aromatic N) is 1. The lowest BCUT2D eigenvalue weighted by atomic mass is 10.2. The average Bonchev–Trinajstić information content (AvgIpc) is 2.45. The van der Waals surface area contributed by atoms with Crippen LogP contribution in [0.25, 0.3) is 0 Å². The van der Waals surface area contributed by atoms with E-state index in [1.165, 1.54) is 6.07 Å². The van der Waals surface area contributed by atoms with E-state index in [9.17, 15) is 10.1 Å². The van der Waals surface area contributed by atoms with E-state index in [0.717, 1.165) is 4.47 Å². The van der Waals surface area contributed by atoms with Gasteiger partial charge in [0, 0.05) is 28.8 Å². The number of hydrogen-bond donors (Lipinski definition) is 2. The Morgan fingerprint density at radius 2 is 2.10 bits per heavy atom. The van der Waals surface area contributed by atoms with Crippen LogP contribution in [0, 0.1) is 10.1 Å². The second-order valence-electron chi connectivity index (χ2n) is 4.21. The molecule has 6 nitrogen and oxygen atoms in total. The Morgan fingerprint density at radius 3 is 2.81 bits per heavy atom. The Balaban J connectivity index is 2.25. The number of rotatable bonds is 6. The normalized spacial score (nSPS) is 10.2. The van der Waals surface area contributed by atoms with Crippen molar-refractivity contribution < 1.29 is 9.66 Å².